The lowest BCUT2D eigenvalue weighted by molar-refractivity contribution is -0.0606. The molecule has 0 spiro atoms. The average Bonchev–Trinajstić information content (AvgIpc) is 2.46. The van der Waals surface area contributed by atoms with Crippen LogP contribution in [-0.2, 0) is 4.74 Å². The van der Waals surface area contributed by atoms with Crippen molar-refractivity contribution in [3.8, 4) is 5.75 Å². The van der Waals surface area contributed by atoms with Crippen LogP contribution in [0.3, 0.4) is 0 Å². The predicted octanol–water partition coefficient (Wildman–Crippen LogP) is 2.07. The van der Waals surface area contributed by atoms with Gasteiger partial charge in [0.05, 0.1) is 25.4 Å². The van der Waals surface area contributed by atoms with Gasteiger partial charge >= 0.3 is 0 Å². The van der Waals surface area contributed by atoms with Crippen LogP contribution in [0, 0.1) is 0 Å². The van der Waals surface area contributed by atoms with Crippen molar-refractivity contribution in [1.82, 2.24) is 10.2 Å². The smallest absolute Gasteiger partial charge is 0.119 e. The second-order valence-corrected chi connectivity index (χ2v) is 5.31. The van der Waals surface area contributed by atoms with Gasteiger partial charge in [0.25, 0.3) is 0 Å². The third-order valence-corrected chi connectivity index (χ3v) is 3.68. The zero-order valence-electron chi connectivity index (χ0n) is 12.8. The molecule has 1 fully saturated rings. The molecule has 2 atom stereocenters. The van der Waals surface area contributed by atoms with E-state index in [2.05, 4.69) is 42.4 Å². The first kappa shape index (κ1) is 15.3. The number of nitrogens with zero attached hydrogens (tertiary/aromatic N) is 1. The lowest BCUT2D eigenvalue weighted by Crippen LogP contribution is -2.46. The van der Waals surface area contributed by atoms with Gasteiger partial charge in [-0.2, -0.15) is 0 Å². The van der Waals surface area contributed by atoms with E-state index >= 15 is 0 Å². The summed E-state index contributed by atoms with van der Waals surface area (Å²) in [6.45, 7) is 5.50. The van der Waals surface area contributed by atoms with Crippen LogP contribution in [0.25, 0.3) is 0 Å². The quantitative estimate of drug-likeness (QED) is 0.863. The van der Waals surface area contributed by atoms with Crippen molar-refractivity contribution in [3.05, 3.63) is 29.8 Å². The molecule has 1 aromatic rings. The molecule has 0 aliphatic carbocycles. The zero-order chi connectivity index (χ0) is 14.4. The fourth-order valence-electron chi connectivity index (χ4n) is 2.71. The highest BCUT2D eigenvalue weighted by atomic mass is 16.5. The highest BCUT2D eigenvalue weighted by Crippen LogP contribution is 2.30. The van der Waals surface area contributed by atoms with Crippen molar-refractivity contribution in [1.29, 1.82) is 0 Å². The van der Waals surface area contributed by atoms with Crippen molar-refractivity contribution in [2.45, 2.75) is 25.5 Å². The molecule has 1 N–H and O–H groups in total. The summed E-state index contributed by atoms with van der Waals surface area (Å²) in [7, 11) is 4.13. The first-order chi connectivity index (χ1) is 9.76. The molecule has 1 heterocycles. The summed E-state index contributed by atoms with van der Waals surface area (Å²) in [5.41, 5.74) is 1.26. The number of morpholine rings is 1. The maximum atomic E-state index is 5.93. The largest absolute Gasteiger partial charge is 0.494 e. The van der Waals surface area contributed by atoms with Gasteiger partial charge in [-0.15, -0.1) is 0 Å². The van der Waals surface area contributed by atoms with Gasteiger partial charge in [0.2, 0.25) is 0 Å². The van der Waals surface area contributed by atoms with E-state index in [4.69, 9.17) is 9.47 Å². The summed E-state index contributed by atoms with van der Waals surface area (Å²) in [4.78, 5) is 2.37. The van der Waals surface area contributed by atoms with Crippen LogP contribution in [0.2, 0.25) is 0 Å². The zero-order valence-corrected chi connectivity index (χ0v) is 12.8. The topological polar surface area (TPSA) is 33.7 Å². The first-order valence-corrected chi connectivity index (χ1v) is 7.45. The summed E-state index contributed by atoms with van der Waals surface area (Å²) in [5, 5.41) is 3.22. The van der Waals surface area contributed by atoms with Crippen LogP contribution in [0.15, 0.2) is 24.3 Å². The fourth-order valence-corrected chi connectivity index (χ4v) is 2.71. The van der Waals surface area contributed by atoms with Crippen LogP contribution in [0.4, 0.5) is 0 Å². The summed E-state index contributed by atoms with van der Waals surface area (Å²) in [5.74, 6) is 0.950. The maximum Gasteiger partial charge on any atom is 0.119 e. The molecule has 20 heavy (non-hydrogen) atoms. The van der Waals surface area contributed by atoms with E-state index in [9.17, 15) is 0 Å². The van der Waals surface area contributed by atoms with Crippen molar-refractivity contribution in [2.75, 3.05) is 40.4 Å². The first-order valence-electron chi connectivity index (χ1n) is 7.45. The Hall–Kier alpha value is -1.10. The van der Waals surface area contributed by atoms with Crippen molar-refractivity contribution >= 4 is 0 Å². The Kier molecular flexibility index (Phi) is 5.83. The molecule has 0 amide bonds. The van der Waals surface area contributed by atoms with Crippen LogP contribution in [0.1, 0.15) is 24.9 Å². The third kappa shape index (κ3) is 3.72. The highest BCUT2D eigenvalue weighted by molar-refractivity contribution is 5.31. The molecule has 2 unspecified atom stereocenters. The molecule has 1 aliphatic rings. The van der Waals surface area contributed by atoms with Crippen LogP contribution >= 0.6 is 0 Å². The van der Waals surface area contributed by atoms with E-state index in [0.29, 0.717) is 0 Å². The van der Waals surface area contributed by atoms with Gasteiger partial charge in [0.1, 0.15) is 5.75 Å². The summed E-state index contributed by atoms with van der Waals surface area (Å²) in [6.07, 6.45) is 1.21. The number of rotatable bonds is 6. The van der Waals surface area contributed by atoms with Gasteiger partial charge < -0.3 is 14.8 Å². The van der Waals surface area contributed by atoms with Crippen molar-refractivity contribution < 1.29 is 9.47 Å². The van der Waals surface area contributed by atoms with Gasteiger partial charge in [-0.3, -0.25) is 4.90 Å². The van der Waals surface area contributed by atoms with E-state index < -0.39 is 0 Å². The maximum absolute atomic E-state index is 5.93. The van der Waals surface area contributed by atoms with Gasteiger partial charge in [0.15, 0.2) is 0 Å². The number of benzene rings is 1. The average molecular weight is 278 g/mol. The van der Waals surface area contributed by atoms with Gasteiger partial charge in [-0.05, 0) is 38.2 Å². The number of likely N-dealkylation sites (N-methyl/N-ethyl adjacent to an activating group) is 2. The number of nitrogens with one attached hydrogen (secondary N) is 1. The second kappa shape index (κ2) is 7.62. The monoisotopic (exact) mass is 278 g/mol. The summed E-state index contributed by atoms with van der Waals surface area (Å²) in [6, 6.07) is 8.68. The normalized spacial score (nSPS) is 23.8. The Bertz CT molecular complexity index is 409. The minimum atomic E-state index is 0.181. The lowest BCUT2D eigenvalue weighted by atomic mass is 9.98. The number of ether oxygens (including phenoxy) is 2. The summed E-state index contributed by atoms with van der Waals surface area (Å²) < 4.78 is 11.7. The minimum Gasteiger partial charge on any atom is -0.494 e. The third-order valence-electron chi connectivity index (χ3n) is 3.68. The number of hydrogen-bond donors (Lipinski definition) is 1. The Morgan fingerprint density at radius 2 is 2.30 bits per heavy atom. The summed E-state index contributed by atoms with van der Waals surface area (Å²) >= 11 is 0. The van der Waals surface area contributed by atoms with E-state index in [1.54, 1.807) is 0 Å². The van der Waals surface area contributed by atoms with Gasteiger partial charge in [-0.25, -0.2) is 0 Å². The molecular weight excluding hydrogens is 252 g/mol. The molecule has 0 aromatic heterocycles. The second-order valence-electron chi connectivity index (χ2n) is 5.31. The predicted molar refractivity (Wildman–Crippen MR) is 81.3 cm³/mol. The molecule has 1 saturated heterocycles. The van der Waals surface area contributed by atoms with E-state index in [-0.39, 0.29) is 12.1 Å². The number of hydrogen-bond acceptors (Lipinski definition) is 4. The standard InChI is InChI=1S/C16H26N2O2/c1-4-9-19-14-7-5-6-13(11-14)16-15(12-17-2)20-10-8-18(16)3/h5-7,11,15-17H,4,8-10,12H2,1-3H3. The lowest BCUT2D eigenvalue weighted by Gasteiger charge is -2.39. The van der Waals surface area contributed by atoms with Crippen LogP contribution < -0.4 is 10.1 Å². The van der Waals surface area contributed by atoms with Crippen molar-refractivity contribution in [2.24, 2.45) is 0 Å². The van der Waals surface area contributed by atoms with Crippen LogP contribution in [-0.4, -0.2) is 51.4 Å². The molecule has 0 bridgehead atoms. The molecule has 1 aliphatic heterocycles. The Morgan fingerprint density at radius 3 is 3.05 bits per heavy atom. The SMILES string of the molecule is CCCOc1cccc(C2C(CNC)OCCN2C)c1. The van der Waals surface area contributed by atoms with E-state index in [1.165, 1.54) is 5.56 Å². The Morgan fingerprint density at radius 1 is 1.45 bits per heavy atom. The van der Waals surface area contributed by atoms with Crippen LogP contribution in [0.5, 0.6) is 5.75 Å². The minimum absolute atomic E-state index is 0.181. The molecule has 4 heteroatoms. The Labute approximate surface area is 122 Å². The molecule has 112 valence electrons. The fraction of sp³-hybridized carbons (Fsp3) is 0.625. The van der Waals surface area contributed by atoms with Crippen molar-refractivity contribution in [3.63, 3.8) is 0 Å². The van der Waals surface area contributed by atoms with Gasteiger partial charge in [0, 0.05) is 13.1 Å². The Balaban J connectivity index is 2.17. The van der Waals surface area contributed by atoms with E-state index in [0.717, 1.165) is 38.5 Å². The van der Waals surface area contributed by atoms with Gasteiger partial charge in [-0.1, -0.05) is 19.1 Å². The molecule has 0 saturated carbocycles. The molecule has 0 radical (unpaired) electrons. The van der Waals surface area contributed by atoms with E-state index in [1.807, 2.05) is 13.1 Å². The molecule has 4 nitrogen and oxygen atoms in total. The highest BCUT2D eigenvalue weighted by Gasteiger charge is 2.31. The molecular formula is C16H26N2O2. The molecule has 1 aromatic carbocycles. The molecule has 2 rings (SSSR count).